The maximum atomic E-state index is 10.2. The number of nitriles is 2. The van der Waals surface area contributed by atoms with Crippen LogP contribution < -0.4 is 0 Å². The minimum absolute atomic E-state index is 0.437. The maximum Gasteiger partial charge on any atom is 0.160 e. The van der Waals surface area contributed by atoms with E-state index in [4.69, 9.17) is 19.9 Å². The summed E-state index contributed by atoms with van der Waals surface area (Å²) in [4.78, 5) is 21.0. The molecule has 3 heterocycles. The minimum Gasteiger partial charge on any atom is -0.309 e. The Bertz CT molecular complexity index is 3550. The van der Waals surface area contributed by atoms with E-state index in [1.165, 1.54) is 0 Å². The van der Waals surface area contributed by atoms with E-state index < -0.39 is 0 Å². The number of aromatic nitrogens is 5. The van der Waals surface area contributed by atoms with Crippen molar-refractivity contribution in [2.45, 2.75) is 0 Å². The van der Waals surface area contributed by atoms with Crippen molar-refractivity contribution >= 4 is 21.8 Å². The van der Waals surface area contributed by atoms with Crippen molar-refractivity contribution in [2.24, 2.45) is 0 Å². The summed E-state index contributed by atoms with van der Waals surface area (Å²) in [5.74, 6) is 1.18. The predicted octanol–water partition coefficient (Wildman–Crippen LogP) is 13.8. The Morgan fingerprint density at radius 2 is 0.846 bits per heavy atom. The lowest BCUT2D eigenvalue weighted by molar-refractivity contribution is 1.14. The van der Waals surface area contributed by atoms with Crippen LogP contribution in [0.5, 0.6) is 0 Å². The third-order valence-corrected chi connectivity index (χ3v) is 11.7. The van der Waals surface area contributed by atoms with E-state index >= 15 is 0 Å². The number of rotatable bonds is 8. The van der Waals surface area contributed by atoms with Crippen molar-refractivity contribution < 1.29 is 0 Å². The fourth-order valence-electron chi connectivity index (χ4n) is 8.58. The number of nitrogens with zero attached hydrogens (tertiary/aromatic N) is 7. The van der Waals surface area contributed by atoms with Crippen LogP contribution in [0.4, 0.5) is 0 Å². The van der Waals surface area contributed by atoms with Gasteiger partial charge in [0.25, 0.3) is 0 Å². The summed E-state index contributed by atoms with van der Waals surface area (Å²) in [5, 5.41) is 22.0. The normalized spacial score (nSPS) is 11.0. The van der Waals surface area contributed by atoms with E-state index in [0.29, 0.717) is 22.8 Å². The van der Waals surface area contributed by atoms with Crippen molar-refractivity contribution in [2.75, 3.05) is 0 Å². The molecule has 3 aromatic heterocycles. The number of para-hydroxylation sites is 1. The highest BCUT2D eigenvalue weighted by molar-refractivity contribution is 6.11. The molecule has 0 atom stereocenters. The lowest BCUT2D eigenvalue weighted by Gasteiger charge is -2.17. The molecule has 0 bridgehead atoms. The van der Waals surface area contributed by atoms with Gasteiger partial charge in [-0.05, 0) is 65.7 Å². The van der Waals surface area contributed by atoms with Crippen LogP contribution in [0.3, 0.4) is 0 Å². The van der Waals surface area contributed by atoms with Gasteiger partial charge in [-0.3, -0.25) is 0 Å². The second-order valence-electron chi connectivity index (χ2n) is 15.7. The van der Waals surface area contributed by atoms with Gasteiger partial charge in [0.2, 0.25) is 0 Å². The first-order chi connectivity index (χ1) is 32.1. The molecule has 0 unspecified atom stereocenters. The van der Waals surface area contributed by atoms with Gasteiger partial charge >= 0.3 is 0 Å². The van der Waals surface area contributed by atoms with Gasteiger partial charge in [-0.25, -0.2) is 19.9 Å². The molecule has 65 heavy (non-hydrogen) atoms. The fraction of sp³-hybridized carbons (Fsp3) is 0. The summed E-state index contributed by atoms with van der Waals surface area (Å²) < 4.78 is 2.28. The molecular weight excluding hydrogens is 795 g/mol. The molecule has 0 radical (unpaired) electrons. The average molecular weight is 830 g/mol. The quantitative estimate of drug-likeness (QED) is 0.151. The molecule has 7 nitrogen and oxygen atoms in total. The van der Waals surface area contributed by atoms with Crippen LogP contribution in [0.2, 0.25) is 0 Å². The molecule has 11 aromatic rings. The third-order valence-electron chi connectivity index (χ3n) is 11.7. The van der Waals surface area contributed by atoms with Gasteiger partial charge < -0.3 is 4.57 Å². The van der Waals surface area contributed by atoms with E-state index in [-0.39, 0.29) is 0 Å². The Morgan fingerprint density at radius 3 is 1.45 bits per heavy atom. The number of hydrogen-bond acceptors (Lipinski definition) is 6. The molecule has 11 rings (SSSR count). The molecule has 0 N–H and O–H groups in total. The standard InChI is InChI=1S/C58H35N7/c59-36-38-25-28-46(45(31-38)37-60)43-26-29-48-47-23-13-14-24-54(47)65(56(48)33-43)55-30-27-44(58-62-50(39-15-5-1-6-16-39)34-51(63-58)40-17-7-2-8-18-40)32-49(55)53-35-52(41-19-9-3-10-20-41)61-57(64-53)42-21-11-4-12-22-42/h1-35H. The number of fused-ring (bicyclic) bond motifs is 3. The van der Waals surface area contributed by atoms with E-state index in [2.05, 4.69) is 120 Å². The van der Waals surface area contributed by atoms with Crippen molar-refractivity contribution in [3.8, 4) is 96.8 Å². The molecule has 7 heteroatoms. The van der Waals surface area contributed by atoms with E-state index in [9.17, 15) is 10.5 Å². The Morgan fingerprint density at radius 1 is 0.338 bits per heavy atom. The highest BCUT2D eigenvalue weighted by Gasteiger charge is 2.22. The van der Waals surface area contributed by atoms with Gasteiger partial charge in [-0.2, -0.15) is 10.5 Å². The Kier molecular flexibility index (Phi) is 9.82. The molecule has 0 aliphatic heterocycles. The summed E-state index contributed by atoms with van der Waals surface area (Å²) in [7, 11) is 0. The smallest absolute Gasteiger partial charge is 0.160 e. The first kappa shape index (κ1) is 38.6. The second-order valence-corrected chi connectivity index (χ2v) is 15.7. The first-order valence-corrected chi connectivity index (χ1v) is 21.2. The average Bonchev–Trinajstić information content (AvgIpc) is 3.72. The molecule has 0 amide bonds. The first-order valence-electron chi connectivity index (χ1n) is 21.2. The van der Waals surface area contributed by atoms with Crippen LogP contribution in [0.15, 0.2) is 212 Å². The summed E-state index contributed by atoms with van der Waals surface area (Å²) in [6, 6.07) is 75.6. The van der Waals surface area contributed by atoms with E-state index in [1.807, 2.05) is 97.1 Å². The van der Waals surface area contributed by atoms with Gasteiger partial charge in [0.15, 0.2) is 11.6 Å². The molecule has 0 aliphatic rings. The zero-order valence-corrected chi connectivity index (χ0v) is 34.8. The third kappa shape index (κ3) is 7.26. The topological polar surface area (TPSA) is 104 Å². The summed E-state index contributed by atoms with van der Waals surface area (Å²) in [5.41, 5.74) is 14.0. The van der Waals surface area contributed by atoms with Crippen molar-refractivity contribution in [3.05, 3.63) is 223 Å². The van der Waals surface area contributed by atoms with Crippen LogP contribution in [0.25, 0.3) is 106 Å². The lowest BCUT2D eigenvalue weighted by atomic mass is 9.97. The van der Waals surface area contributed by atoms with Crippen molar-refractivity contribution in [1.29, 1.82) is 10.5 Å². The zero-order valence-electron chi connectivity index (χ0n) is 34.8. The van der Waals surface area contributed by atoms with E-state index in [1.54, 1.807) is 12.1 Å². The fourth-order valence-corrected chi connectivity index (χ4v) is 8.58. The van der Waals surface area contributed by atoms with Crippen LogP contribution in [0, 0.1) is 22.7 Å². The Balaban J connectivity index is 1.21. The van der Waals surface area contributed by atoms with Crippen molar-refractivity contribution in [3.63, 3.8) is 0 Å². The predicted molar refractivity (Wildman–Crippen MR) is 259 cm³/mol. The van der Waals surface area contributed by atoms with Crippen LogP contribution in [-0.4, -0.2) is 24.5 Å². The highest BCUT2D eigenvalue weighted by Crippen LogP contribution is 2.41. The molecule has 0 spiro atoms. The van der Waals surface area contributed by atoms with Gasteiger partial charge in [-0.15, -0.1) is 0 Å². The molecule has 0 saturated heterocycles. The summed E-state index contributed by atoms with van der Waals surface area (Å²) >= 11 is 0. The number of hydrogen-bond donors (Lipinski definition) is 0. The molecule has 0 aliphatic carbocycles. The van der Waals surface area contributed by atoms with E-state index in [0.717, 1.165) is 94.8 Å². The molecule has 0 saturated carbocycles. The molecule has 8 aromatic carbocycles. The van der Waals surface area contributed by atoms with Gasteiger partial charge in [0, 0.05) is 44.2 Å². The van der Waals surface area contributed by atoms with Gasteiger partial charge in [-0.1, -0.05) is 158 Å². The van der Waals surface area contributed by atoms with Gasteiger partial charge in [0.05, 0.1) is 62.8 Å². The molecule has 302 valence electrons. The number of benzene rings is 8. The van der Waals surface area contributed by atoms with Crippen LogP contribution in [-0.2, 0) is 0 Å². The SMILES string of the molecule is N#Cc1ccc(-c2ccc3c4ccccc4n(-c4ccc(-c5nc(-c6ccccc6)cc(-c6ccccc6)n5)cc4-c4cc(-c5ccccc5)nc(-c5ccccc5)n4)c3c2)c(C#N)c1. The lowest BCUT2D eigenvalue weighted by Crippen LogP contribution is -2.02. The monoisotopic (exact) mass is 829 g/mol. The molecule has 0 fully saturated rings. The largest absolute Gasteiger partial charge is 0.309 e. The minimum atomic E-state index is 0.437. The summed E-state index contributed by atoms with van der Waals surface area (Å²) in [6.07, 6.45) is 0. The van der Waals surface area contributed by atoms with Crippen LogP contribution in [0.1, 0.15) is 11.1 Å². The highest BCUT2D eigenvalue weighted by atomic mass is 15.0. The Labute approximate surface area is 375 Å². The summed E-state index contributed by atoms with van der Waals surface area (Å²) in [6.45, 7) is 0. The maximum absolute atomic E-state index is 10.2. The zero-order chi connectivity index (χ0) is 43.7. The molecular formula is C58H35N7. The van der Waals surface area contributed by atoms with Crippen molar-refractivity contribution in [1.82, 2.24) is 24.5 Å². The second kappa shape index (κ2) is 16.5. The van der Waals surface area contributed by atoms with Crippen LogP contribution >= 0.6 is 0 Å². The van der Waals surface area contributed by atoms with Gasteiger partial charge in [0.1, 0.15) is 0 Å². The Hall–Kier alpha value is -9.30.